The number of thiocarbonyl (C=S) groups is 1. The normalized spacial score (nSPS) is 18.8. The van der Waals surface area contributed by atoms with Crippen molar-refractivity contribution in [2.24, 2.45) is 0 Å². The van der Waals surface area contributed by atoms with Crippen molar-refractivity contribution in [3.63, 3.8) is 0 Å². The van der Waals surface area contributed by atoms with Crippen molar-refractivity contribution in [3.05, 3.63) is 119 Å². The Balaban J connectivity index is 1.32. The van der Waals surface area contributed by atoms with Crippen molar-refractivity contribution < 1.29 is 9.53 Å². The molecule has 2 aliphatic rings. The number of hydrogen-bond acceptors (Lipinski definition) is 5. The number of carbonyl (C=O) groups excluding carboxylic acids is 1. The van der Waals surface area contributed by atoms with Crippen molar-refractivity contribution in [1.82, 2.24) is 10.3 Å². The molecule has 4 aromatic rings. The fraction of sp³-hybridized carbons (Fsp3) is 0.229. The molecule has 1 amide bonds. The first-order valence-electron chi connectivity index (χ1n) is 14.5. The van der Waals surface area contributed by atoms with Crippen LogP contribution in [-0.2, 0) is 4.79 Å². The van der Waals surface area contributed by atoms with E-state index in [1.807, 2.05) is 72.8 Å². The summed E-state index contributed by atoms with van der Waals surface area (Å²) < 4.78 is 5.58. The number of benzene rings is 3. The average Bonchev–Trinajstić information content (AvgIpc) is 3.36. The predicted molar refractivity (Wildman–Crippen MR) is 183 cm³/mol. The first kappa shape index (κ1) is 29.7. The Labute approximate surface area is 268 Å². The Morgan fingerprint density at radius 2 is 1.80 bits per heavy atom. The molecule has 1 aromatic heterocycles. The van der Waals surface area contributed by atoms with Crippen molar-refractivity contribution in [3.8, 4) is 5.75 Å². The molecule has 6 rings (SSSR count). The standard InChI is InChI=1S/C35H34ClN5O2S/c1-22-20-35(2,3)40(4)30-19-28(36)27(18-26(22)30)33-32(29-12-8-9-17-37-29)39-34(44)41(33)24-15-13-23(14-16-24)38-31(42)21-43-25-10-6-5-7-11-25/h5-20,32-33H,21H2,1-4H3,(H,38,42)(H,39,44)/t32-,33+/m1/s1. The van der Waals surface area contributed by atoms with Gasteiger partial charge in [-0.3, -0.25) is 9.78 Å². The SMILES string of the molecule is CC1=CC(C)(C)N(C)c2cc(Cl)c([C@H]3[C@@H](c4ccccn4)NC(=S)N3c3ccc(NC(=O)COc4ccccc4)cc3)cc21. The zero-order valence-corrected chi connectivity index (χ0v) is 26.6. The van der Waals surface area contributed by atoms with Crippen molar-refractivity contribution in [2.45, 2.75) is 38.4 Å². The third-order valence-corrected chi connectivity index (χ3v) is 8.94. The lowest BCUT2D eigenvalue weighted by atomic mass is 9.86. The summed E-state index contributed by atoms with van der Waals surface area (Å²) in [6.07, 6.45) is 4.08. The first-order chi connectivity index (χ1) is 21.1. The van der Waals surface area contributed by atoms with Gasteiger partial charge in [-0.1, -0.05) is 41.9 Å². The summed E-state index contributed by atoms with van der Waals surface area (Å²) in [4.78, 5) is 21.6. The van der Waals surface area contributed by atoms with Gasteiger partial charge in [-0.15, -0.1) is 0 Å². The highest BCUT2D eigenvalue weighted by atomic mass is 35.5. The smallest absolute Gasteiger partial charge is 0.262 e. The molecule has 3 heterocycles. The number of carbonyl (C=O) groups is 1. The second kappa shape index (κ2) is 11.9. The number of nitrogens with one attached hydrogen (secondary N) is 2. The number of fused-ring (bicyclic) bond motifs is 1. The summed E-state index contributed by atoms with van der Waals surface area (Å²) in [7, 11) is 2.10. The molecule has 0 aliphatic carbocycles. The maximum absolute atomic E-state index is 12.6. The maximum atomic E-state index is 12.6. The van der Waals surface area contributed by atoms with Gasteiger partial charge in [0.1, 0.15) is 5.75 Å². The van der Waals surface area contributed by atoms with E-state index >= 15 is 0 Å². The molecule has 2 N–H and O–H groups in total. The molecule has 224 valence electrons. The van der Waals surface area contributed by atoms with E-state index in [1.165, 1.54) is 5.57 Å². The van der Waals surface area contributed by atoms with E-state index in [0.29, 0.717) is 21.6 Å². The van der Waals surface area contributed by atoms with E-state index in [2.05, 4.69) is 71.4 Å². The van der Waals surface area contributed by atoms with Gasteiger partial charge in [0.15, 0.2) is 11.7 Å². The van der Waals surface area contributed by atoms with Crippen LogP contribution in [0.2, 0.25) is 5.02 Å². The van der Waals surface area contributed by atoms with E-state index < -0.39 is 0 Å². The lowest BCUT2D eigenvalue weighted by Crippen LogP contribution is -2.42. The number of rotatable bonds is 7. The summed E-state index contributed by atoms with van der Waals surface area (Å²) in [5, 5.41) is 7.64. The van der Waals surface area contributed by atoms with Crippen LogP contribution in [0.25, 0.3) is 5.57 Å². The highest BCUT2D eigenvalue weighted by Gasteiger charge is 2.42. The van der Waals surface area contributed by atoms with Crippen LogP contribution in [-0.4, -0.2) is 35.2 Å². The molecular weight excluding hydrogens is 590 g/mol. The van der Waals surface area contributed by atoms with Crippen LogP contribution in [0.5, 0.6) is 5.75 Å². The summed E-state index contributed by atoms with van der Waals surface area (Å²) >= 11 is 13.1. The van der Waals surface area contributed by atoms with Crippen LogP contribution < -0.4 is 25.2 Å². The van der Waals surface area contributed by atoms with E-state index in [-0.39, 0.29) is 30.1 Å². The molecule has 2 aliphatic heterocycles. The number of anilines is 3. The Morgan fingerprint density at radius 1 is 1.07 bits per heavy atom. The molecule has 0 spiro atoms. The zero-order valence-electron chi connectivity index (χ0n) is 25.0. The molecule has 0 unspecified atom stereocenters. The number of hydrogen-bond donors (Lipinski definition) is 2. The van der Waals surface area contributed by atoms with Crippen molar-refractivity contribution in [2.75, 3.05) is 28.8 Å². The molecule has 2 atom stereocenters. The topological polar surface area (TPSA) is 69.7 Å². The lowest BCUT2D eigenvalue weighted by molar-refractivity contribution is -0.118. The minimum Gasteiger partial charge on any atom is -0.484 e. The molecule has 0 bridgehead atoms. The Hall–Kier alpha value is -4.40. The van der Waals surface area contributed by atoms with Crippen LogP contribution >= 0.6 is 23.8 Å². The third-order valence-electron chi connectivity index (χ3n) is 8.29. The number of aromatic nitrogens is 1. The van der Waals surface area contributed by atoms with E-state index in [1.54, 1.807) is 6.20 Å². The predicted octanol–water partition coefficient (Wildman–Crippen LogP) is 7.56. The second-order valence-corrected chi connectivity index (χ2v) is 12.4. The highest BCUT2D eigenvalue weighted by Crippen LogP contribution is 2.48. The van der Waals surface area contributed by atoms with Gasteiger partial charge in [-0.2, -0.15) is 0 Å². The molecule has 9 heteroatoms. The fourth-order valence-electron chi connectivity index (χ4n) is 5.93. The Bertz CT molecular complexity index is 1730. The molecule has 1 fully saturated rings. The molecule has 0 radical (unpaired) electrons. The van der Waals surface area contributed by atoms with Gasteiger partial charge < -0.3 is 25.2 Å². The number of amides is 1. The Morgan fingerprint density at radius 3 is 2.50 bits per heavy atom. The molecular formula is C35H34ClN5O2S. The van der Waals surface area contributed by atoms with Crippen LogP contribution in [0.4, 0.5) is 17.1 Å². The fourth-order valence-corrected chi connectivity index (χ4v) is 6.55. The van der Waals surface area contributed by atoms with Gasteiger partial charge in [-0.05, 0) is 105 Å². The first-order valence-corrected chi connectivity index (χ1v) is 15.3. The van der Waals surface area contributed by atoms with E-state index in [0.717, 1.165) is 28.2 Å². The third kappa shape index (κ3) is 5.75. The van der Waals surface area contributed by atoms with Crippen LogP contribution in [0.1, 0.15) is 49.7 Å². The summed E-state index contributed by atoms with van der Waals surface area (Å²) in [6.45, 7) is 6.45. The van der Waals surface area contributed by atoms with Crippen molar-refractivity contribution in [1.29, 1.82) is 0 Å². The number of halogens is 1. The van der Waals surface area contributed by atoms with Crippen LogP contribution in [0, 0.1) is 0 Å². The summed E-state index contributed by atoms with van der Waals surface area (Å²) in [6, 6.07) is 26.5. The van der Waals surface area contributed by atoms with Crippen LogP contribution in [0.15, 0.2) is 97.2 Å². The van der Waals surface area contributed by atoms with E-state index in [4.69, 9.17) is 28.6 Å². The monoisotopic (exact) mass is 623 g/mol. The number of allylic oxidation sites excluding steroid dienone is 1. The van der Waals surface area contributed by atoms with Gasteiger partial charge in [0, 0.05) is 40.9 Å². The minimum atomic E-state index is -0.275. The molecule has 44 heavy (non-hydrogen) atoms. The van der Waals surface area contributed by atoms with Gasteiger partial charge in [0.05, 0.1) is 23.3 Å². The summed E-state index contributed by atoms with van der Waals surface area (Å²) in [5.41, 5.74) is 6.63. The van der Waals surface area contributed by atoms with Gasteiger partial charge in [-0.25, -0.2) is 0 Å². The zero-order chi connectivity index (χ0) is 31.0. The molecule has 1 saturated heterocycles. The number of ether oxygens (including phenoxy) is 1. The lowest BCUT2D eigenvalue weighted by Gasteiger charge is -2.41. The number of nitrogens with zero attached hydrogens (tertiary/aromatic N) is 3. The highest BCUT2D eigenvalue weighted by molar-refractivity contribution is 7.80. The van der Waals surface area contributed by atoms with E-state index in [9.17, 15) is 4.79 Å². The quantitative estimate of drug-likeness (QED) is 0.206. The van der Waals surface area contributed by atoms with Gasteiger partial charge >= 0.3 is 0 Å². The number of pyridine rings is 1. The molecule has 0 saturated carbocycles. The van der Waals surface area contributed by atoms with Gasteiger partial charge in [0.2, 0.25) is 0 Å². The largest absolute Gasteiger partial charge is 0.484 e. The van der Waals surface area contributed by atoms with Crippen molar-refractivity contribution >= 4 is 57.5 Å². The number of likely N-dealkylation sites (N-methyl/N-ethyl adjacent to an activating group) is 1. The van der Waals surface area contributed by atoms with Crippen LogP contribution in [0.3, 0.4) is 0 Å². The second-order valence-electron chi connectivity index (χ2n) is 11.6. The maximum Gasteiger partial charge on any atom is 0.262 e. The number of para-hydroxylation sites is 1. The minimum absolute atomic E-state index is 0.0865. The summed E-state index contributed by atoms with van der Waals surface area (Å²) in [5.74, 6) is 0.397. The Kier molecular flexibility index (Phi) is 8.05. The molecule has 7 nitrogen and oxygen atoms in total. The average molecular weight is 624 g/mol. The molecule has 3 aromatic carbocycles. The van der Waals surface area contributed by atoms with Gasteiger partial charge in [0.25, 0.3) is 5.91 Å².